The van der Waals surface area contributed by atoms with Gasteiger partial charge >= 0.3 is 0 Å². The van der Waals surface area contributed by atoms with Crippen LogP contribution in [0.5, 0.6) is 0 Å². The molecule has 0 unspecified atom stereocenters. The first-order valence-electron chi connectivity index (χ1n) is 13.0. The van der Waals surface area contributed by atoms with Gasteiger partial charge in [-0.2, -0.15) is 0 Å². The number of nitrogens with zero attached hydrogens (tertiary/aromatic N) is 3. The lowest BCUT2D eigenvalue weighted by atomic mass is 9.96. The minimum absolute atomic E-state index is 0.0106. The maximum Gasteiger partial charge on any atom is 0.226 e. The Morgan fingerprint density at radius 1 is 1.11 bits per heavy atom. The number of aryl methyl sites for hydroxylation is 2. The third-order valence-corrected chi connectivity index (χ3v) is 8.08. The molecule has 1 saturated carbocycles. The SMILES string of the molecule is Cc1ccccc1NC(=O)CCN1C(=S)N[C@@H](c2ccccn2)[C@H]1c1cc(C)n(C2CCCC2)c1C. The van der Waals surface area contributed by atoms with Gasteiger partial charge in [0.2, 0.25) is 5.91 Å². The van der Waals surface area contributed by atoms with Crippen molar-refractivity contribution in [3.05, 3.63) is 82.9 Å². The first-order valence-corrected chi connectivity index (χ1v) is 13.4. The van der Waals surface area contributed by atoms with E-state index < -0.39 is 0 Å². The molecule has 7 heteroatoms. The molecule has 1 saturated heterocycles. The number of hydrogen-bond donors (Lipinski definition) is 2. The smallest absolute Gasteiger partial charge is 0.226 e. The molecule has 188 valence electrons. The maximum absolute atomic E-state index is 12.9. The van der Waals surface area contributed by atoms with Gasteiger partial charge in [0, 0.05) is 42.3 Å². The van der Waals surface area contributed by atoms with Crippen LogP contribution in [0.15, 0.2) is 54.7 Å². The molecule has 3 heterocycles. The second kappa shape index (κ2) is 10.4. The third-order valence-electron chi connectivity index (χ3n) is 7.73. The molecule has 2 N–H and O–H groups in total. The summed E-state index contributed by atoms with van der Waals surface area (Å²) in [7, 11) is 0. The Hall–Kier alpha value is -3.19. The van der Waals surface area contributed by atoms with E-state index in [9.17, 15) is 4.79 Å². The second-order valence-electron chi connectivity index (χ2n) is 10.1. The highest BCUT2D eigenvalue weighted by molar-refractivity contribution is 7.80. The van der Waals surface area contributed by atoms with Gasteiger partial charge in [-0.1, -0.05) is 37.1 Å². The zero-order chi connectivity index (χ0) is 25.2. The lowest BCUT2D eigenvalue weighted by Crippen LogP contribution is -2.33. The number of rotatable bonds is 7. The number of carbonyl (C=O) groups is 1. The van der Waals surface area contributed by atoms with Gasteiger partial charge in [0.25, 0.3) is 0 Å². The largest absolute Gasteiger partial charge is 0.352 e. The number of pyridine rings is 1. The molecule has 2 aromatic heterocycles. The normalized spacial score (nSPS) is 20.1. The van der Waals surface area contributed by atoms with Crippen LogP contribution in [0.25, 0.3) is 0 Å². The summed E-state index contributed by atoms with van der Waals surface area (Å²) in [6, 6.07) is 16.7. The van der Waals surface area contributed by atoms with Crippen LogP contribution in [-0.4, -0.2) is 32.0 Å². The second-order valence-corrected chi connectivity index (χ2v) is 10.5. The molecular formula is C29H35N5OS. The first-order chi connectivity index (χ1) is 17.4. The number of nitrogens with one attached hydrogen (secondary N) is 2. The van der Waals surface area contributed by atoms with Crippen molar-refractivity contribution in [1.82, 2.24) is 19.8 Å². The predicted molar refractivity (Wildman–Crippen MR) is 148 cm³/mol. The number of hydrogen-bond acceptors (Lipinski definition) is 3. The molecule has 6 nitrogen and oxygen atoms in total. The molecule has 1 aliphatic carbocycles. The van der Waals surface area contributed by atoms with Crippen molar-refractivity contribution in [2.24, 2.45) is 0 Å². The van der Waals surface area contributed by atoms with Gasteiger partial charge in [-0.25, -0.2) is 0 Å². The zero-order valence-corrected chi connectivity index (χ0v) is 22.1. The van der Waals surface area contributed by atoms with E-state index in [1.807, 2.05) is 49.5 Å². The Morgan fingerprint density at radius 2 is 1.86 bits per heavy atom. The lowest BCUT2D eigenvalue weighted by Gasteiger charge is -2.28. The number of carbonyl (C=O) groups excluding carboxylic acids is 1. The Balaban J connectivity index is 1.43. The molecule has 0 spiro atoms. The molecule has 36 heavy (non-hydrogen) atoms. The Kier molecular flexibility index (Phi) is 7.10. The number of amides is 1. The Morgan fingerprint density at radius 3 is 2.58 bits per heavy atom. The van der Waals surface area contributed by atoms with Crippen LogP contribution in [0.4, 0.5) is 5.69 Å². The molecule has 1 aromatic carbocycles. The Bertz CT molecular complexity index is 1250. The maximum atomic E-state index is 12.9. The van der Waals surface area contributed by atoms with Crippen molar-refractivity contribution in [2.75, 3.05) is 11.9 Å². The van der Waals surface area contributed by atoms with E-state index in [0.717, 1.165) is 16.9 Å². The Labute approximate surface area is 219 Å². The van der Waals surface area contributed by atoms with Gasteiger partial charge < -0.3 is 20.1 Å². The van der Waals surface area contributed by atoms with E-state index in [0.29, 0.717) is 24.1 Å². The minimum Gasteiger partial charge on any atom is -0.352 e. The summed E-state index contributed by atoms with van der Waals surface area (Å²) in [5.41, 5.74) is 6.73. The highest BCUT2D eigenvalue weighted by Gasteiger charge is 2.41. The zero-order valence-electron chi connectivity index (χ0n) is 21.3. The quantitative estimate of drug-likeness (QED) is 0.393. The van der Waals surface area contributed by atoms with Crippen LogP contribution in [0.1, 0.15) is 78.4 Å². The van der Waals surface area contributed by atoms with E-state index in [2.05, 4.69) is 51.1 Å². The van der Waals surface area contributed by atoms with Crippen LogP contribution in [-0.2, 0) is 4.79 Å². The van der Waals surface area contributed by atoms with Gasteiger partial charge in [0.05, 0.1) is 17.8 Å². The van der Waals surface area contributed by atoms with E-state index >= 15 is 0 Å². The molecule has 5 rings (SSSR count). The summed E-state index contributed by atoms with van der Waals surface area (Å²) in [5.74, 6) is -0.0106. The lowest BCUT2D eigenvalue weighted by molar-refractivity contribution is -0.116. The van der Waals surface area contributed by atoms with E-state index in [1.54, 1.807) is 0 Å². The van der Waals surface area contributed by atoms with Crippen molar-refractivity contribution in [3.63, 3.8) is 0 Å². The summed E-state index contributed by atoms with van der Waals surface area (Å²) < 4.78 is 2.53. The number of thiocarbonyl (C=S) groups is 1. The number of para-hydroxylation sites is 1. The fourth-order valence-corrected chi connectivity index (χ4v) is 6.29. The van der Waals surface area contributed by atoms with Gasteiger partial charge in [-0.05, 0) is 81.2 Å². The highest BCUT2D eigenvalue weighted by atomic mass is 32.1. The fourth-order valence-electron chi connectivity index (χ4n) is 5.96. The number of benzene rings is 1. The average molecular weight is 502 g/mol. The molecule has 2 aliphatic rings. The van der Waals surface area contributed by atoms with Crippen LogP contribution in [0.3, 0.4) is 0 Å². The molecule has 3 aromatic rings. The van der Waals surface area contributed by atoms with Gasteiger partial charge in [0.15, 0.2) is 5.11 Å². The third kappa shape index (κ3) is 4.76. The van der Waals surface area contributed by atoms with E-state index in [4.69, 9.17) is 12.2 Å². The first kappa shape index (κ1) is 24.5. The summed E-state index contributed by atoms with van der Waals surface area (Å²) in [5, 5.41) is 7.26. The standard InChI is InChI=1S/C29H35N5OS/c1-19-10-4-7-13-24(19)31-26(35)15-17-33-28(27(32-29(33)36)25-14-8-9-16-30-25)23-18-20(2)34(21(23)3)22-11-5-6-12-22/h4,7-10,13-14,16,18,22,27-28H,5-6,11-12,15,17H2,1-3H3,(H,31,35)(H,32,36)/t27-,28+/m0/s1. The molecule has 0 bridgehead atoms. The summed E-state index contributed by atoms with van der Waals surface area (Å²) in [4.78, 5) is 19.8. The van der Waals surface area contributed by atoms with Gasteiger partial charge in [-0.3, -0.25) is 9.78 Å². The summed E-state index contributed by atoms with van der Waals surface area (Å²) >= 11 is 5.84. The summed E-state index contributed by atoms with van der Waals surface area (Å²) in [6.07, 6.45) is 7.25. The van der Waals surface area contributed by atoms with E-state index in [1.165, 1.54) is 42.6 Å². The van der Waals surface area contributed by atoms with Gasteiger partial charge in [0.1, 0.15) is 0 Å². The van der Waals surface area contributed by atoms with Crippen molar-refractivity contribution in [3.8, 4) is 0 Å². The van der Waals surface area contributed by atoms with Crippen LogP contribution in [0, 0.1) is 20.8 Å². The highest BCUT2D eigenvalue weighted by Crippen LogP contribution is 2.43. The monoisotopic (exact) mass is 501 g/mol. The van der Waals surface area contributed by atoms with Crippen molar-refractivity contribution < 1.29 is 4.79 Å². The van der Waals surface area contributed by atoms with Crippen LogP contribution in [0.2, 0.25) is 0 Å². The summed E-state index contributed by atoms with van der Waals surface area (Å²) in [6.45, 7) is 6.99. The fraction of sp³-hybridized carbons (Fsp3) is 0.414. The number of aromatic nitrogens is 2. The molecule has 1 amide bonds. The molecular weight excluding hydrogens is 466 g/mol. The molecule has 1 aliphatic heterocycles. The average Bonchev–Trinajstić information content (AvgIpc) is 3.58. The molecule has 2 fully saturated rings. The molecule has 2 atom stereocenters. The van der Waals surface area contributed by atoms with Crippen molar-refractivity contribution in [2.45, 2.75) is 71.0 Å². The van der Waals surface area contributed by atoms with Gasteiger partial charge in [-0.15, -0.1) is 0 Å². The topological polar surface area (TPSA) is 62.2 Å². The molecule has 0 radical (unpaired) electrons. The number of anilines is 1. The predicted octanol–water partition coefficient (Wildman–Crippen LogP) is 5.92. The minimum atomic E-state index is -0.0735. The van der Waals surface area contributed by atoms with Crippen molar-refractivity contribution in [1.29, 1.82) is 0 Å². The van der Waals surface area contributed by atoms with Crippen LogP contribution < -0.4 is 10.6 Å². The van der Waals surface area contributed by atoms with Crippen molar-refractivity contribution >= 4 is 28.9 Å². The van der Waals surface area contributed by atoms with E-state index in [-0.39, 0.29) is 18.0 Å². The van der Waals surface area contributed by atoms with Crippen LogP contribution >= 0.6 is 12.2 Å².